The van der Waals surface area contributed by atoms with Crippen LogP contribution in [0.25, 0.3) is 0 Å². The number of nitrogens with two attached hydrogens (primary N) is 1. The van der Waals surface area contributed by atoms with E-state index >= 15 is 0 Å². The van der Waals surface area contributed by atoms with Crippen LogP contribution in [0.15, 0.2) is 42.5 Å². The van der Waals surface area contributed by atoms with Gasteiger partial charge in [0.25, 0.3) is 5.69 Å². The number of fused-ring (bicyclic) bond motifs is 1. The minimum atomic E-state index is -0.437. The summed E-state index contributed by atoms with van der Waals surface area (Å²) < 4.78 is 0. The number of rotatable bonds is 4. The van der Waals surface area contributed by atoms with Gasteiger partial charge < -0.3 is 15.5 Å². The van der Waals surface area contributed by atoms with Gasteiger partial charge in [-0.25, -0.2) is 0 Å². The zero-order chi connectivity index (χ0) is 18.0. The van der Waals surface area contributed by atoms with Gasteiger partial charge in [0.1, 0.15) is 5.69 Å². The minimum absolute atomic E-state index is 0. The van der Waals surface area contributed by atoms with Crippen molar-refractivity contribution in [3.63, 3.8) is 0 Å². The van der Waals surface area contributed by atoms with E-state index in [2.05, 4.69) is 0 Å². The van der Waals surface area contributed by atoms with Gasteiger partial charge in [0.2, 0.25) is 5.91 Å². The Labute approximate surface area is 157 Å². The molecule has 7 nitrogen and oxygen atoms in total. The van der Waals surface area contributed by atoms with Crippen molar-refractivity contribution in [2.24, 2.45) is 0 Å². The topological polar surface area (TPSA) is 92.7 Å². The zero-order valence-electron chi connectivity index (χ0n) is 14.4. The van der Waals surface area contributed by atoms with Crippen LogP contribution in [0.5, 0.6) is 0 Å². The number of nitrogen functional groups attached to an aromatic ring is 1. The number of hydrogen-bond donors (Lipinski definition) is 1. The smallest absolute Gasteiger partial charge is 0.292 e. The quantitative estimate of drug-likeness (QED) is 0.503. The molecule has 1 heterocycles. The average molecular weight is 377 g/mol. The van der Waals surface area contributed by atoms with Gasteiger partial charge in [0.15, 0.2) is 0 Å². The van der Waals surface area contributed by atoms with Crippen molar-refractivity contribution < 1.29 is 9.72 Å². The predicted octanol–water partition coefficient (Wildman–Crippen LogP) is 3.01. The molecule has 0 radical (unpaired) electrons. The van der Waals surface area contributed by atoms with Crippen molar-refractivity contribution >= 4 is 41.1 Å². The number of nitro groups is 1. The van der Waals surface area contributed by atoms with Crippen molar-refractivity contribution in [3.05, 3.63) is 58.1 Å². The summed E-state index contributed by atoms with van der Waals surface area (Å²) in [5, 5.41) is 11.2. The molecule has 0 fully saturated rings. The first-order chi connectivity index (χ1) is 12.0. The minimum Gasteiger partial charge on any atom is -0.398 e. The van der Waals surface area contributed by atoms with Crippen molar-refractivity contribution in [1.82, 2.24) is 0 Å². The fraction of sp³-hybridized carbons (Fsp3) is 0.278. The molecule has 0 saturated heterocycles. The number of anilines is 3. The Bertz CT molecular complexity index is 828. The summed E-state index contributed by atoms with van der Waals surface area (Å²) in [4.78, 5) is 26.9. The maximum atomic E-state index is 12.8. The summed E-state index contributed by atoms with van der Waals surface area (Å²) in [6, 6.07) is 12.0. The number of benzene rings is 2. The van der Waals surface area contributed by atoms with E-state index in [1.165, 1.54) is 6.07 Å². The van der Waals surface area contributed by atoms with Crippen molar-refractivity contribution in [2.45, 2.75) is 12.8 Å². The van der Waals surface area contributed by atoms with Crippen molar-refractivity contribution in [3.8, 4) is 0 Å². The fourth-order valence-electron chi connectivity index (χ4n) is 3.23. The molecule has 0 unspecified atom stereocenters. The third-order valence-corrected chi connectivity index (χ3v) is 4.45. The summed E-state index contributed by atoms with van der Waals surface area (Å²) >= 11 is 0. The molecule has 0 saturated carbocycles. The summed E-state index contributed by atoms with van der Waals surface area (Å²) in [5.74, 6) is -0.104. The van der Waals surface area contributed by atoms with Crippen LogP contribution in [-0.4, -0.2) is 31.0 Å². The Hall–Kier alpha value is -2.80. The fourth-order valence-corrected chi connectivity index (χ4v) is 3.23. The van der Waals surface area contributed by atoms with Crippen LogP contribution in [0.2, 0.25) is 0 Å². The number of likely N-dealkylation sites (N-methyl/N-ethyl adjacent to an activating group) is 1. The normalized spacial score (nSPS) is 12.7. The van der Waals surface area contributed by atoms with Crippen LogP contribution in [0.4, 0.5) is 22.7 Å². The van der Waals surface area contributed by atoms with Crippen LogP contribution in [0.3, 0.4) is 0 Å². The number of para-hydroxylation sites is 2. The molecule has 1 aliphatic rings. The van der Waals surface area contributed by atoms with Gasteiger partial charge in [-0.15, -0.1) is 12.4 Å². The maximum Gasteiger partial charge on any atom is 0.292 e. The molecule has 138 valence electrons. The molecular weight excluding hydrogens is 356 g/mol. The number of halogens is 1. The van der Waals surface area contributed by atoms with Gasteiger partial charge in [0, 0.05) is 31.0 Å². The van der Waals surface area contributed by atoms with Gasteiger partial charge in [0.05, 0.1) is 11.5 Å². The molecule has 2 N–H and O–H groups in total. The van der Waals surface area contributed by atoms with E-state index in [0.29, 0.717) is 17.9 Å². The number of nitro benzene ring substituents is 1. The lowest BCUT2D eigenvalue weighted by molar-refractivity contribution is -0.384. The number of amides is 1. The molecule has 0 aromatic heterocycles. The average Bonchev–Trinajstić information content (AvgIpc) is 2.61. The number of hydrogen-bond acceptors (Lipinski definition) is 5. The standard InChI is InChI=1S/C18H20N4O3.ClH/c1-20(16-8-2-3-9-17(16)22(24)25)12-18(23)21-11-5-6-13-14(19)7-4-10-15(13)21;/h2-4,7-10H,5-6,11-12,19H2,1H3;1H. The zero-order valence-corrected chi connectivity index (χ0v) is 15.2. The summed E-state index contributed by atoms with van der Waals surface area (Å²) in [7, 11) is 1.68. The first-order valence-electron chi connectivity index (χ1n) is 8.11. The van der Waals surface area contributed by atoms with E-state index < -0.39 is 4.92 Å². The van der Waals surface area contributed by atoms with E-state index in [0.717, 1.165) is 24.1 Å². The first-order valence-corrected chi connectivity index (χ1v) is 8.11. The molecule has 3 rings (SSSR count). The number of nitrogens with zero attached hydrogens (tertiary/aromatic N) is 3. The van der Waals surface area contributed by atoms with Gasteiger partial charge >= 0.3 is 0 Å². The highest BCUT2D eigenvalue weighted by molar-refractivity contribution is 5.98. The van der Waals surface area contributed by atoms with Crippen molar-refractivity contribution in [1.29, 1.82) is 0 Å². The Morgan fingerprint density at radius 3 is 2.73 bits per heavy atom. The van der Waals surface area contributed by atoms with Crippen LogP contribution >= 0.6 is 12.4 Å². The van der Waals surface area contributed by atoms with Crippen molar-refractivity contribution in [2.75, 3.05) is 35.7 Å². The Morgan fingerprint density at radius 2 is 2.00 bits per heavy atom. The molecule has 1 aliphatic heterocycles. The first kappa shape index (κ1) is 19.5. The van der Waals surface area contributed by atoms with E-state index in [1.54, 1.807) is 35.0 Å². The van der Waals surface area contributed by atoms with Crippen LogP contribution in [-0.2, 0) is 11.2 Å². The second-order valence-electron chi connectivity index (χ2n) is 6.10. The van der Waals surface area contributed by atoms with E-state index in [4.69, 9.17) is 5.73 Å². The second kappa shape index (κ2) is 8.05. The maximum absolute atomic E-state index is 12.8. The molecule has 2 aromatic carbocycles. The SMILES string of the molecule is CN(CC(=O)N1CCCc2c(N)cccc21)c1ccccc1[N+](=O)[O-].Cl. The highest BCUT2D eigenvalue weighted by atomic mass is 35.5. The highest BCUT2D eigenvalue weighted by Crippen LogP contribution is 2.32. The van der Waals surface area contributed by atoms with Gasteiger partial charge in [-0.05, 0) is 36.6 Å². The molecule has 1 amide bonds. The lowest BCUT2D eigenvalue weighted by Gasteiger charge is -2.32. The second-order valence-corrected chi connectivity index (χ2v) is 6.10. The van der Waals surface area contributed by atoms with Crippen LogP contribution < -0.4 is 15.5 Å². The van der Waals surface area contributed by atoms with Gasteiger partial charge in [-0.1, -0.05) is 18.2 Å². The molecule has 0 bridgehead atoms. The largest absolute Gasteiger partial charge is 0.398 e. The number of carbonyl (C=O) groups is 1. The molecule has 2 aromatic rings. The van der Waals surface area contributed by atoms with Crippen LogP contribution in [0, 0.1) is 10.1 Å². The Balaban J connectivity index is 0.00000243. The lowest BCUT2D eigenvalue weighted by Crippen LogP contribution is -2.42. The molecular formula is C18H21ClN4O3. The van der Waals surface area contributed by atoms with Gasteiger partial charge in [-0.2, -0.15) is 0 Å². The summed E-state index contributed by atoms with van der Waals surface area (Å²) in [6.45, 7) is 0.680. The molecule has 0 aliphatic carbocycles. The van der Waals surface area contributed by atoms with Crippen LogP contribution in [0.1, 0.15) is 12.0 Å². The predicted molar refractivity (Wildman–Crippen MR) is 105 cm³/mol. The van der Waals surface area contributed by atoms with E-state index in [1.807, 2.05) is 18.2 Å². The Kier molecular flexibility index (Phi) is 6.05. The van der Waals surface area contributed by atoms with Gasteiger partial charge in [-0.3, -0.25) is 14.9 Å². The molecule has 0 spiro atoms. The third-order valence-electron chi connectivity index (χ3n) is 4.45. The Morgan fingerprint density at radius 1 is 1.27 bits per heavy atom. The molecule has 8 heteroatoms. The lowest BCUT2D eigenvalue weighted by atomic mass is 10.00. The third kappa shape index (κ3) is 3.72. The van der Waals surface area contributed by atoms with E-state index in [9.17, 15) is 14.9 Å². The monoisotopic (exact) mass is 376 g/mol. The summed E-state index contributed by atoms with van der Waals surface area (Å²) in [6.07, 6.45) is 1.70. The molecule has 26 heavy (non-hydrogen) atoms. The molecule has 0 atom stereocenters. The van der Waals surface area contributed by atoms with E-state index in [-0.39, 0.29) is 30.5 Å². The summed E-state index contributed by atoms with van der Waals surface area (Å²) in [5.41, 5.74) is 8.97. The highest BCUT2D eigenvalue weighted by Gasteiger charge is 2.26. The number of carbonyl (C=O) groups excluding carboxylic acids is 1.